The molecule has 0 heterocycles. The molecule has 1 unspecified atom stereocenters. The van der Waals surface area contributed by atoms with Crippen LogP contribution in [0.2, 0.25) is 0 Å². The topological polar surface area (TPSA) is 38.3 Å². The summed E-state index contributed by atoms with van der Waals surface area (Å²) in [5.74, 6) is -0.387. The summed E-state index contributed by atoms with van der Waals surface area (Å²) in [6.45, 7) is 9.36. The molecule has 0 bridgehead atoms. The van der Waals surface area contributed by atoms with Crippen LogP contribution in [0.25, 0.3) is 0 Å². The fraction of sp³-hybridized carbons (Fsp3) is 0.588. The molecule has 1 rings (SSSR count). The molecule has 0 saturated carbocycles. The summed E-state index contributed by atoms with van der Waals surface area (Å²) in [7, 11) is 0. The van der Waals surface area contributed by atoms with Crippen LogP contribution in [0.5, 0.6) is 0 Å². The van der Waals surface area contributed by atoms with Crippen LogP contribution < -0.4 is 5.32 Å². The number of hydrogen-bond donors (Lipinski definition) is 1. The minimum absolute atomic E-state index is 0.00174. The van der Waals surface area contributed by atoms with E-state index in [2.05, 4.69) is 26.1 Å². The van der Waals surface area contributed by atoms with Crippen molar-refractivity contribution in [2.75, 3.05) is 13.2 Å². The lowest BCUT2D eigenvalue weighted by atomic mass is 9.82. The second kappa shape index (κ2) is 8.13. The van der Waals surface area contributed by atoms with Crippen molar-refractivity contribution in [2.45, 2.75) is 46.6 Å². The molecule has 21 heavy (non-hydrogen) atoms. The lowest BCUT2D eigenvalue weighted by Crippen LogP contribution is -2.33. The van der Waals surface area contributed by atoms with Crippen LogP contribution in [-0.2, 0) is 9.53 Å². The number of hydrogen-bond acceptors (Lipinski definition) is 3. The first-order valence-corrected chi connectivity index (χ1v) is 7.49. The molecule has 0 saturated heterocycles. The molecule has 1 atom stereocenters. The maximum absolute atomic E-state index is 13.0. The highest BCUT2D eigenvalue weighted by Crippen LogP contribution is 2.32. The molecule has 1 N–H and O–H groups in total. The van der Waals surface area contributed by atoms with E-state index in [4.69, 9.17) is 4.74 Å². The highest BCUT2D eigenvalue weighted by Gasteiger charge is 2.25. The van der Waals surface area contributed by atoms with Gasteiger partial charge in [-0.2, -0.15) is 0 Å². The Balaban J connectivity index is 2.56. The number of carbonyl (C=O) groups is 1. The molecule has 0 amide bonds. The Labute approximate surface area is 126 Å². The SMILES string of the molecule is CCOC(=O)CCCNC(c1ccc(F)cc1)C(C)(C)C. The first-order valence-electron chi connectivity index (χ1n) is 7.49. The van der Waals surface area contributed by atoms with Crippen molar-refractivity contribution in [2.24, 2.45) is 5.41 Å². The summed E-state index contributed by atoms with van der Waals surface area (Å²) < 4.78 is 17.9. The smallest absolute Gasteiger partial charge is 0.305 e. The maximum atomic E-state index is 13.0. The molecule has 0 radical (unpaired) electrons. The summed E-state index contributed by atoms with van der Waals surface area (Å²) >= 11 is 0. The zero-order chi connectivity index (χ0) is 15.9. The van der Waals surface area contributed by atoms with Gasteiger partial charge in [-0.25, -0.2) is 4.39 Å². The van der Waals surface area contributed by atoms with Gasteiger partial charge >= 0.3 is 5.97 Å². The Morgan fingerprint density at radius 2 is 1.90 bits per heavy atom. The molecule has 0 aliphatic heterocycles. The molecule has 118 valence electrons. The first-order chi connectivity index (χ1) is 9.84. The number of halogens is 1. The van der Waals surface area contributed by atoms with Crippen molar-refractivity contribution < 1.29 is 13.9 Å². The lowest BCUT2D eigenvalue weighted by molar-refractivity contribution is -0.143. The summed E-state index contributed by atoms with van der Waals surface area (Å²) in [6, 6.07) is 6.69. The molecule has 1 aromatic carbocycles. The minimum Gasteiger partial charge on any atom is -0.466 e. The van der Waals surface area contributed by atoms with E-state index in [9.17, 15) is 9.18 Å². The minimum atomic E-state index is -0.228. The normalized spacial score (nSPS) is 13.0. The largest absolute Gasteiger partial charge is 0.466 e. The highest BCUT2D eigenvalue weighted by molar-refractivity contribution is 5.69. The van der Waals surface area contributed by atoms with Crippen LogP contribution in [0.4, 0.5) is 4.39 Å². The second-order valence-electron chi connectivity index (χ2n) is 6.21. The van der Waals surface area contributed by atoms with Crippen LogP contribution in [0.3, 0.4) is 0 Å². The van der Waals surface area contributed by atoms with Crippen LogP contribution in [0, 0.1) is 11.2 Å². The van der Waals surface area contributed by atoms with Gasteiger partial charge in [-0.05, 0) is 43.0 Å². The third-order valence-electron chi connectivity index (χ3n) is 3.28. The Kier molecular flexibility index (Phi) is 6.82. The van der Waals surface area contributed by atoms with Gasteiger partial charge in [0.15, 0.2) is 0 Å². The fourth-order valence-corrected chi connectivity index (χ4v) is 2.29. The van der Waals surface area contributed by atoms with Crippen molar-refractivity contribution >= 4 is 5.97 Å². The Hall–Kier alpha value is -1.42. The average molecular weight is 295 g/mol. The molecule has 1 aromatic rings. The van der Waals surface area contributed by atoms with E-state index in [1.165, 1.54) is 12.1 Å². The molecule has 0 aromatic heterocycles. The van der Waals surface area contributed by atoms with Crippen LogP contribution >= 0.6 is 0 Å². The molecule has 0 aliphatic carbocycles. The predicted molar refractivity (Wildman–Crippen MR) is 82.5 cm³/mol. The maximum Gasteiger partial charge on any atom is 0.305 e. The van der Waals surface area contributed by atoms with Crippen LogP contribution in [-0.4, -0.2) is 19.1 Å². The summed E-state index contributed by atoms with van der Waals surface area (Å²) in [5, 5.41) is 3.46. The predicted octanol–water partition coefficient (Wildman–Crippen LogP) is 3.85. The number of ether oxygens (including phenoxy) is 1. The van der Waals surface area contributed by atoms with Crippen molar-refractivity contribution in [3.05, 3.63) is 35.6 Å². The monoisotopic (exact) mass is 295 g/mol. The fourth-order valence-electron chi connectivity index (χ4n) is 2.29. The quantitative estimate of drug-likeness (QED) is 0.613. The van der Waals surface area contributed by atoms with Gasteiger partial charge in [-0.15, -0.1) is 0 Å². The van der Waals surface area contributed by atoms with E-state index >= 15 is 0 Å². The van der Waals surface area contributed by atoms with E-state index in [0.717, 1.165) is 18.5 Å². The molecular weight excluding hydrogens is 269 g/mol. The van der Waals surface area contributed by atoms with Crippen LogP contribution in [0.1, 0.15) is 52.1 Å². The third kappa shape index (κ3) is 6.25. The van der Waals surface area contributed by atoms with Crippen LogP contribution in [0.15, 0.2) is 24.3 Å². The van der Waals surface area contributed by atoms with E-state index in [1.807, 2.05) is 12.1 Å². The third-order valence-corrected chi connectivity index (χ3v) is 3.28. The number of benzene rings is 1. The zero-order valence-corrected chi connectivity index (χ0v) is 13.4. The summed E-state index contributed by atoms with van der Waals surface area (Å²) in [4.78, 5) is 11.3. The van der Waals surface area contributed by atoms with Gasteiger partial charge in [-0.1, -0.05) is 32.9 Å². The van der Waals surface area contributed by atoms with Gasteiger partial charge in [0.1, 0.15) is 5.82 Å². The first kappa shape index (κ1) is 17.6. The van der Waals surface area contributed by atoms with Gasteiger partial charge in [-0.3, -0.25) is 4.79 Å². The summed E-state index contributed by atoms with van der Waals surface area (Å²) in [5.41, 5.74) is 1.06. The number of esters is 1. The lowest BCUT2D eigenvalue weighted by Gasteiger charge is -2.32. The van der Waals surface area contributed by atoms with Crippen molar-refractivity contribution in [1.82, 2.24) is 5.32 Å². The van der Waals surface area contributed by atoms with E-state index < -0.39 is 0 Å². The molecule has 4 heteroatoms. The van der Waals surface area contributed by atoms with E-state index in [1.54, 1.807) is 6.92 Å². The van der Waals surface area contributed by atoms with Crippen molar-refractivity contribution in [3.63, 3.8) is 0 Å². The van der Waals surface area contributed by atoms with E-state index in [0.29, 0.717) is 13.0 Å². The number of carbonyl (C=O) groups excluding carboxylic acids is 1. The molecule has 0 spiro atoms. The zero-order valence-electron chi connectivity index (χ0n) is 13.4. The van der Waals surface area contributed by atoms with Gasteiger partial charge in [0, 0.05) is 12.5 Å². The Morgan fingerprint density at radius 3 is 2.43 bits per heavy atom. The van der Waals surface area contributed by atoms with Gasteiger partial charge in [0.25, 0.3) is 0 Å². The Morgan fingerprint density at radius 1 is 1.29 bits per heavy atom. The number of nitrogens with one attached hydrogen (secondary N) is 1. The standard InChI is InChI=1S/C17H26FNO2/c1-5-21-15(20)7-6-12-19-16(17(2,3)4)13-8-10-14(18)11-9-13/h8-11,16,19H,5-7,12H2,1-4H3. The highest BCUT2D eigenvalue weighted by atomic mass is 19.1. The van der Waals surface area contributed by atoms with Gasteiger partial charge in [0.2, 0.25) is 0 Å². The van der Waals surface area contributed by atoms with Crippen molar-refractivity contribution in [1.29, 1.82) is 0 Å². The van der Waals surface area contributed by atoms with Gasteiger partial charge < -0.3 is 10.1 Å². The van der Waals surface area contributed by atoms with Gasteiger partial charge in [0.05, 0.1) is 6.61 Å². The Bertz CT molecular complexity index is 437. The number of rotatable bonds is 7. The van der Waals surface area contributed by atoms with Crippen molar-refractivity contribution in [3.8, 4) is 0 Å². The molecule has 3 nitrogen and oxygen atoms in total. The molecular formula is C17H26FNO2. The second-order valence-corrected chi connectivity index (χ2v) is 6.21. The van der Waals surface area contributed by atoms with E-state index in [-0.39, 0.29) is 23.2 Å². The summed E-state index contributed by atoms with van der Waals surface area (Å²) in [6.07, 6.45) is 1.15. The molecule has 0 fully saturated rings. The molecule has 0 aliphatic rings. The average Bonchev–Trinajstić information content (AvgIpc) is 2.39.